The van der Waals surface area contributed by atoms with E-state index in [4.69, 9.17) is 14.2 Å². The van der Waals surface area contributed by atoms with Gasteiger partial charge in [-0.2, -0.15) is 0 Å². The number of ether oxygens (including phenoxy) is 3. The Morgan fingerprint density at radius 3 is 1.71 bits per heavy atom. The maximum Gasteiger partial charge on any atom is 0.224 e. The Hall–Kier alpha value is -2.74. The molecule has 2 fully saturated rings. The quantitative estimate of drug-likeness (QED) is 0.701. The average molecular weight is 420 g/mol. The van der Waals surface area contributed by atoms with E-state index in [-0.39, 0.29) is 36.2 Å². The monoisotopic (exact) mass is 420 g/mol. The molecule has 0 saturated carbocycles. The Bertz CT molecular complexity index is 984. The van der Waals surface area contributed by atoms with Crippen molar-refractivity contribution >= 4 is 23.2 Å². The lowest BCUT2D eigenvalue weighted by molar-refractivity contribution is -0.117. The number of epoxide rings is 2. The molecule has 4 aliphatic rings. The number of fused-ring (bicyclic) bond motifs is 2. The number of rotatable bonds is 6. The van der Waals surface area contributed by atoms with Crippen LogP contribution in [0.3, 0.4) is 0 Å². The second kappa shape index (κ2) is 7.44. The molecule has 160 valence electrons. The second-order valence-electron chi connectivity index (χ2n) is 8.57. The summed E-state index contributed by atoms with van der Waals surface area (Å²) in [5, 5.41) is 5.89. The minimum absolute atomic E-state index is 0.0330. The molecular formula is C24H24N2O5. The van der Waals surface area contributed by atoms with Gasteiger partial charge in [-0.05, 0) is 47.2 Å². The van der Waals surface area contributed by atoms with Crippen molar-refractivity contribution in [2.45, 2.75) is 50.1 Å². The van der Waals surface area contributed by atoms with Crippen molar-refractivity contribution in [3.8, 4) is 0 Å². The Labute approximate surface area is 180 Å². The highest BCUT2D eigenvalue weighted by molar-refractivity contribution is 5.94. The smallest absolute Gasteiger partial charge is 0.224 e. The Balaban J connectivity index is 1.03. The predicted octanol–water partition coefficient (Wildman–Crippen LogP) is 3.05. The molecule has 0 spiro atoms. The largest absolute Gasteiger partial charge is 0.376 e. The molecule has 2 aromatic rings. The molecule has 7 nitrogen and oxygen atoms in total. The predicted molar refractivity (Wildman–Crippen MR) is 113 cm³/mol. The summed E-state index contributed by atoms with van der Waals surface area (Å²) in [6.45, 7) is 1.05. The zero-order chi connectivity index (χ0) is 20.9. The molecule has 0 bridgehead atoms. The SMILES string of the molecule is O=C1CCc2c(cccc2C2OC2COCC2OC2c2cccc3c2CCC(=O)N3)N1. The Morgan fingerprint density at radius 1 is 0.742 bits per heavy atom. The van der Waals surface area contributed by atoms with Gasteiger partial charge in [-0.25, -0.2) is 0 Å². The fourth-order valence-electron chi connectivity index (χ4n) is 4.82. The first kappa shape index (κ1) is 19.0. The van der Waals surface area contributed by atoms with Gasteiger partial charge in [0.25, 0.3) is 0 Å². The third-order valence-electron chi connectivity index (χ3n) is 6.52. The molecule has 0 aliphatic carbocycles. The standard InChI is InChI=1S/C24H24N2O5/c27-21-9-7-13-15(3-1-5-17(13)25-21)23-19(30-23)11-29-12-20-24(31-20)16-4-2-6-18-14(16)8-10-22(28)26-18/h1-6,19-20,23-24H,7-12H2,(H,25,27)(H,26,28). The molecule has 2 amide bonds. The van der Waals surface area contributed by atoms with Crippen LogP contribution in [0.15, 0.2) is 36.4 Å². The molecule has 4 heterocycles. The maximum atomic E-state index is 11.6. The number of carbonyl (C=O) groups excluding carboxylic acids is 2. The van der Waals surface area contributed by atoms with E-state index in [2.05, 4.69) is 22.8 Å². The maximum absolute atomic E-state index is 11.6. The first-order chi connectivity index (χ1) is 15.2. The van der Waals surface area contributed by atoms with E-state index in [0.29, 0.717) is 26.1 Å². The van der Waals surface area contributed by atoms with Crippen molar-refractivity contribution in [1.82, 2.24) is 0 Å². The van der Waals surface area contributed by atoms with Crippen LogP contribution in [-0.2, 0) is 36.6 Å². The van der Waals surface area contributed by atoms with Gasteiger partial charge in [0.2, 0.25) is 11.8 Å². The van der Waals surface area contributed by atoms with Crippen LogP contribution in [-0.4, -0.2) is 37.2 Å². The van der Waals surface area contributed by atoms with Gasteiger partial charge in [-0.1, -0.05) is 24.3 Å². The summed E-state index contributed by atoms with van der Waals surface area (Å²) >= 11 is 0. The van der Waals surface area contributed by atoms with Gasteiger partial charge in [0.15, 0.2) is 0 Å². The van der Waals surface area contributed by atoms with Crippen LogP contribution in [0, 0.1) is 0 Å². The lowest BCUT2D eigenvalue weighted by Crippen LogP contribution is -2.20. The van der Waals surface area contributed by atoms with E-state index in [1.165, 1.54) is 11.1 Å². The minimum atomic E-state index is 0.0330. The van der Waals surface area contributed by atoms with E-state index in [9.17, 15) is 9.59 Å². The molecule has 2 N–H and O–H groups in total. The van der Waals surface area contributed by atoms with E-state index in [1.54, 1.807) is 0 Å². The van der Waals surface area contributed by atoms with E-state index >= 15 is 0 Å². The van der Waals surface area contributed by atoms with Crippen LogP contribution in [0.2, 0.25) is 0 Å². The summed E-state index contributed by atoms with van der Waals surface area (Å²) in [5.74, 6) is 0.143. The lowest BCUT2D eigenvalue weighted by atomic mass is 9.94. The second-order valence-corrected chi connectivity index (χ2v) is 8.57. The molecule has 6 rings (SSSR count). The molecule has 7 heteroatoms. The molecular weight excluding hydrogens is 396 g/mol. The van der Waals surface area contributed by atoms with Crippen molar-refractivity contribution in [2.75, 3.05) is 23.8 Å². The molecule has 2 saturated heterocycles. The molecule has 0 radical (unpaired) electrons. The average Bonchev–Trinajstić information content (AvgIpc) is 3.69. The highest BCUT2D eigenvalue weighted by Gasteiger charge is 2.45. The molecule has 4 aliphatic heterocycles. The van der Waals surface area contributed by atoms with Gasteiger partial charge in [-0.3, -0.25) is 9.59 Å². The highest BCUT2D eigenvalue weighted by Crippen LogP contribution is 2.45. The lowest BCUT2D eigenvalue weighted by Gasteiger charge is -2.19. The topological polar surface area (TPSA) is 92.5 Å². The third kappa shape index (κ3) is 3.63. The molecule has 4 unspecified atom stereocenters. The normalized spacial score (nSPS) is 28.3. The highest BCUT2D eigenvalue weighted by atomic mass is 16.6. The fourth-order valence-corrected chi connectivity index (χ4v) is 4.82. The first-order valence-corrected chi connectivity index (χ1v) is 10.9. The van der Waals surface area contributed by atoms with Gasteiger partial charge in [0, 0.05) is 24.2 Å². The summed E-state index contributed by atoms with van der Waals surface area (Å²) in [6.07, 6.45) is 2.70. The summed E-state index contributed by atoms with van der Waals surface area (Å²) in [7, 11) is 0. The number of benzene rings is 2. The van der Waals surface area contributed by atoms with Crippen LogP contribution < -0.4 is 10.6 Å². The van der Waals surface area contributed by atoms with Gasteiger partial charge in [0.1, 0.15) is 24.4 Å². The van der Waals surface area contributed by atoms with Crippen LogP contribution >= 0.6 is 0 Å². The zero-order valence-corrected chi connectivity index (χ0v) is 17.1. The third-order valence-corrected chi connectivity index (χ3v) is 6.52. The summed E-state index contributed by atoms with van der Waals surface area (Å²) in [5.41, 5.74) is 6.48. The molecule has 0 aromatic heterocycles. The number of nitrogens with one attached hydrogen (secondary N) is 2. The van der Waals surface area contributed by atoms with E-state index in [0.717, 1.165) is 35.3 Å². The van der Waals surface area contributed by atoms with Gasteiger partial charge >= 0.3 is 0 Å². The van der Waals surface area contributed by atoms with Crippen molar-refractivity contribution in [3.63, 3.8) is 0 Å². The van der Waals surface area contributed by atoms with Crippen LogP contribution in [0.5, 0.6) is 0 Å². The molecule has 31 heavy (non-hydrogen) atoms. The summed E-state index contributed by atoms with van der Waals surface area (Å²) in [6, 6.07) is 12.0. The summed E-state index contributed by atoms with van der Waals surface area (Å²) in [4.78, 5) is 23.3. The number of amides is 2. The Morgan fingerprint density at radius 2 is 1.23 bits per heavy atom. The van der Waals surface area contributed by atoms with Crippen molar-refractivity contribution < 1.29 is 23.8 Å². The van der Waals surface area contributed by atoms with Crippen molar-refractivity contribution in [1.29, 1.82) is 0 Å². The number of hydrogen-bond donors (Lipinski definition) is 2. The van der Waals surface area contributed by atoms with Gasteiger partial charge in [-0.15, -0.1) is 0 Å². The Kier molecular flexibility index (Phi) is 4.56. The van der Waals surface area contributed by atoms with Crippen molar-refractivity contribution in [2.24, 2.45) is 0 Å². The molecule has 4 atom stereocenters. The van der Waals surface area contributed by atoms with Crippen LogP contribution in [0.4, 0.5) is 11.4 Å². The number of anilines is 2. The van der Waals surface area contributed by atoms with Crippen LogP contribution in [0.25, 0.3) is 0 Å². The fraction of sp³-hybridized carbons (Fsp3) is 0.417. The van der Waals surface area contributed by atoms with E-state index < -0.39 is 0 Å². The first-order valence-electron chi connectivity index (χ1n) is 10.9. The number of hydrogen-bond acceptors (Lipinski definition) is 5. The number of carbonyl (C=O) groups is 2. The van der Waals surface area contributed by atoms with Crippen LogP contribution in [0.1, 0.15) is 47.3 Å². The summed E-state index contributed by atoms with van der Waals surface area (Å²) < 4.78 is 17.7. The minimum Gasteiger partial charge on any atom is -0.376 e. The van der Waals surface area contributed by atoms with E-state index in [1.807, 2.05) is 24.3 Å². The van der Waals surface area contributed by atoms with Gasteiger partial charge in [0.05, 0.1) is 13.2 Å². The zero-order valence-electron chi connectivity index (χ0n) is 17.1. The van der Waals surface area contributed by atoms with Gasteiger partial charge < -0.3 is 24.8 Å². The van der Waals surface area contributed by atoms with Crippen molar-refractivity contribution in [3.05, 3.63) is 58.7 Å². The molecule has 2 aromatic carbocycles.